The Morgan fingerprint density at radius 3 is 2.85 bits per heavy atom. The Kier molecular flexibility index (Phi) is 4.04. The summed E-state index contributed by atoms with van der Waals surface area (Å²) in [6.45, 7) is 4.11. The van der Waals surface area contributed by atoms with E-state index in [-0.39, 0.29) is 23.1 Å². The number of nitrogens with two attached hydrogens (primary N) is 1. The van der Waals surface area contributed by atoms with Crippen molar-refractivity contribution >= 4 is 15.8 Å². The van der Waals surface area contributed by atoms with Gasteiger partial charge in [-0.1, -0.05) is 12.1 Å². The Labute approximate surface area is 116 Å². The second kappa shape index (κ2) is 5.59. The maximum Gasteiger partial charge on any atom is 0.246 e. The zero-order valence-electron chi connectivity index (χ0n) is 11.2. The van der Waals surface area contributed by atoms with Crippen LogP contribution in [-0.4, -0.2) is 28.3 Å². The highest BCUT2D eigenvalue weighted by atomic mass is 32.2. The van der Waals surface area contributed by atoms with E-state index in [2.05, 4.69) is 20.0 Å². The Bertz CT molecular complexity index is 690. The number of aromatic nitrogens is 4. The molecule has 2 aromatic rings. The predicted octanol–water partition coefficient (Wildman–Crippen LogP) is 0.0452. The van der Waals surface area contributed by atoms with Gasteiger partial charge in [0, 0.05) is 19.7 Å². The largest absolute Gasteiger partial charge is 0.381 e. The maximum atomic E-state index is 12.1. The first-order valence-electron chi connectivity index (χ1n) is 6.04. The summed E-state index contributed by atoms with van der Waals surface area (Å²) < 4.78 is 32.9. The number of rotatable bonds is 6. The van der Waals surface area contributed by atoms with Gasteiger partial charge in [0.05, 0.1) is 6.54 Å². The smallest absolute Gasteiger partial charge is 0.246 e. The number of nitrogens with one attached hydrogen (secondary N) is 1. The molecule has 0 atom stereocenters. The number of aryl methyl sites for hydroxylation is 2. The summed E-state index contributed by atoms with van der Waals surface area (Å²) in [6.07, 6.45) is 2.23. The average molecular weight is 300 g/mol. The highest BCUT2D eigenvalue weighted by Crippen LogP contribution is 2.16. The molecule has 9 nitrogen and oxygen atoms in total. The van der Waals surface area contributed by atoms with Gasteiger partial charge in [0.15, 0.2) is 11.6 Å². The topological polar surface area (TPSA) is 129 Å². The molecule has 0 radical (unpaired) electrons. The summed E-state index contributed by atoms with van der Waals surface area (Å²) in [5.74, 6) is 0.593. The van der Waals surface area contributed by atoms with E-state index in [4.69, 9.17) is 10.3 Å². The minimum absolute atomic E-state index is 0.0322. The van der Waals surface area contributed by atoms with E-state index in [1.807, 2.05) is 6.92 Å². The highest BCUT2D eigenvalue weighted by Gasteiger charge is 2.21. The molecule has 0 fully saturated rings. The SMILES string of the molecule is CCCn1cc(S(=O)(=O)NCc2noc(C)n2)c(N)n1. The standard InChI is InChI=1S/C10H16N6O3S/c1-3-4-16-6-8(10(11)14-16)20(17,18)12-5-9-13-7(2)19-15-9/h6,12H,3-5H2,1-2H3,(H2,11,14). The first-order valence-corrected chi connectivity index (χ1v) is 7.52. The monoisotopic (exact) mass is 300 g/mol. The van der Waals surface area contributed by atoms with Crippen molar-refractivity contribution in [3.05, 3.63) is 17.9 Å². The second-order valence-electron chi connectivity index (χ2n) is 4.20. The van der Waals surface area contributed by atoms with E-state index in [0.29, 0.717) is 12.4 Å². The summed E-state index contributed by atoms with van der Waals surface area (Å²) in [5.41, 5.74) is 5.63. The molecule has 0 amide bonds. The number of nitrogens with zero attached hydrogens (tertiary/aromatic N) is 4. The lowest BCUT2D eigenvalue weighted by Gasteiger charge is -2.02. The molecule has 0 saturated carbocycles. The van der Waals surface area contributed by atoms with Gasteiger partial charge in [0.1, 0.15) is 4.90 Å². The molecular weight excluding hydrogens is 284 g/mol. The molecule has 0 spiro atoms. The van der Waals surface area contributed by atoms with E-state index >= 15 is 0 Å². The maximum absolute atomic E-state index is 12.1. The Hall–Kier alpha value is -1.94. The van der Waals surface area contributed by atoms with Crippen LogP contribution in [0.25, 0.3) is 0 Å². The van der Waals surface area contributed by atoms with Crippen LogP contribution >= 0.6 is 0 Å². The van der Waals surface area contributed by atoms with E-state index in [1.165, 1.54) is 10.9 Å². The van der Waals surface area contributed by atoms with Crippen molar-refractivity contribution in [1.82, 2.24) is 24.6 Å². The lowest BCUT2D eigenvalue weighted by atomic mass is 10.5. The fourth-order valence-electron chi connectivity index (χ4n) is 1.62. The van der Waals surface area contributed by atoms with Crippen LogP contribution < -0.4 is 10.5 Å². The number of anilines is 1. The number of hydrogen-bond donors (Lipinski definition) is 2. The van der Waals surface area contributed by atoms with Gasteiger partial charge in [-0.05, 0) is 6.42 Å². The number of sulfonamides is 1. The van der Waals surface area contributed by atoms with Crippen molar-refractivity contribution in [3.8, 4) is 0 Å². The van der Waals surface area contributed by atoms with E-state index in [0.717, 1.165) is 6.42 Å². The molecule has 0 unspecified atom stereocenters. The van der Waals surface area contributed by atoms with Crippen LogP contribution in [0, 0.1) is 6.92 Å². The van der Waals surface area contributed by atoms with Crippen LogP contribution in [0.1, 0.15) is 25.1 Å². The van der Waals surface area contributed by atoms with Crippen LogP contribution in [0.4, 0.5) is 5.82 Å². The summed E-state index contributed by atoms with van der Waals surface area (Å²) in [4.78, 5) is 3.86. The lowest BCUT2D eigenvalue weighted by Crippen LogP contribution is -2.24. The summed E-state index contributed by atoms with van der Waals surface area (Å²) in [6, 6.07) is 0. The van der Waals surface area contributed by atoms with Gasteiger partial charge in [-0.3, -0.25) is 4.68 Å². The molecule has 2 rings (SSSR count). The Balaban J connectivity index is 2.13. The van der Waals surface area contributed by atoms with Crippen LogP contribution in [0.5, 0.6) is 0 Å². The minimum Gasteiger partial charge on any atom is -0.381 e. The summed E-state index contributed by atoms with van der Waals surface area (Å²) in [7, 11) is -3.76. The molecule has 110 valence electrons. The van der Waals surface area contributed by atoms with E-state index in [9.17, 15) is 8.42 Å². The minimum atomic E-state index is -3.76. The summed E-state index contributed by atoms with van der Waals surface area (Å²) in [5, 5.41) is 7.56. The molecule has 2 heterocycles. The van der Waals surface area contributed by atoms with Crippen molar-refractivity contribution in [1.29, 1.82) is 0 Å². The molecular formula is C10H16N6O3S. The third-order valence-corrected chi connectivity index (χ3v) is 3.91. The normalized spacial score (nSPS) is 11.9. The molecule has 2 aromatic heterocycles. The summed E-state index contributed by atoms with van der Waals surface area (Å²) >= 11 is 0. The van der Waals surface area contributed by atoms with Gasteiger partial charge in [0.25, 0.3) is 0 Å². The van der Waals surface area contributed by atoms with Gasteiger partial charge in [0.2, 0.25) is 15.9 Å². The van der Waals surface area contributed by atoms with Crippen LogP contribution in [0.15, 0.2) is 15.6 Å². The Morgan fingerprint density at radius 1 is 1.50 bits per heavy atom. The molecule has 0 aliphatic carbocycles. The van der Waals surface area contributed by atoms with Crippen LogP contribution in [0.2, 0.25) is 0 Å². The zero-order chi connectivity index (χ0) is 14.8. The van der Waals surface area contributed by atoms with Gasteiger partial charge in [-0.25, -0.2) is 13.1 Å². The predicted molar refractivity (Wildman–Crippen MR) is 70.0 cm³/mol. The third kappa shape index (κ3) is 3.14. The van der Waals surface area contributed by atoms with Crippen molar-refractivity contribution in [2.24, 2.45) is 0 Å². The van der Waals surface area contributed by atoms with Crippen molar-refractivity contribution in [2.45, 2.75) is 38.3 Å². The van der Waals surface area contributed by atoms with Gasteiger partial charge in [-0.15, -0.1) is 0 Å². The Morgan fingerprint density at radius 2 is 2.25 bits per heavy atom. The highest BCUT2D eigenvalue weighted by molar-refractivity contribution is 7.89. The van der Waals surface area contributed by atoms with Gasteiger partial charge in [-0.2, -0.15) is 10.1 Å². The van der Waals surface area contributed by atoms with Crippen molar-refractivity contribution < 1.29 is 12.9 Å². The quantitative estimate of drug-likeness (QED) is 0.770. The van der Waals surface area contributed by atoms with E-state index in [1.54, 1.807) is 6.92 Å². The molecule has 3 N–H and O–H groups in total. The van der Waals surface area contributed by atoms with Crippen LogP contribution in [0.3, 0.4) is 0 Å². The van der Waals surface area contributed by atoms with Gasteiger partial charge < -0.3 is 10.3 Å². The number of nitrogen functional groups attached to an aromatic ring is 1. The molecule has 0 aromatic carbocycles. The zero-order valence-corrected chi connectivity index (χ0v) is 12.0. The molecule has 10 heteroatoms. The fourth-order valence-corrected chi connectivity index (χ4v) is 2.67. The molecule has 0 aliphatic rings. The average Bonchev–Trinajstić information content (AvgIpc) is 2.94. The first kappa shape index (κ1) is 14.5. The lowest BCUT2D eigenvalue weighted by molar-refractivity contribution is 0.387. The molecule has 0 aliphatic heterocycles. The fraction of sp³-hybridized carbons (Fsp3) is 0.500. The number of hydrogen-bond acceptors (Lipinski definition) is 7. The third-order valence-electron chi connectivity index (χ3n) is 2.49. The second-order valence-corrected chi connectivity index (χ2v) is 5.93. The first-order chi connectivity index (χ1) is 9.42. The molecule has 20 heavy (non-hydrogen) atoms. The molecule has 0 saturated heterocycles. The van der Waals surface area contributed by atoms with Crippen molar-refractivity contribution in [2.75, 3.05) is 5.73 Å². The van der Waals surface area contributed by atoms with Crippen molar-refractivity contribution in [3.63, 3.8) is 0 Å². The van der Waals surface area contributed by atoms with E-state index < -0.39 is 10.0 Å². The molecule has 0 bridgehead atoms. The van der Waals surface area contributed by atoms with Crippen LogP contribution in [-0.2, 0) is 23.1 Å². The van der Waals surface area contributed by atoms with Gasteiger partial charge >= 0.3 is 0 Å².